The third-order valence-corrected chi connectivity index (χ3v) is 4.24. The average molecular weight is 344 g/mol. The molecule has 2 rings (SSSR count). The standard InChI is InChI=1S/C12H13FN4O5S/c1-17-11(7-14-16-17)23(20,21)15-6-10(12(18)19)22-9-4-2-8(13)3-5-9/h2-5,7,10,15H,6H2,1H3,(H,18,19). The van der Waals surface area contributed by atoms with Crippen molar-refractivity contribution in [1.29, 1.82) is 0 Å². The maximum atomic E-state index is 12.8. The zero-order chi connectivity index (χ0) is 17.0. The number of halogens is 1. The molecular formula is C12H13FN4O5S. The number of benzene rings is 1. The first-order valence-corrected chi connectivity index (χ1v) is 7.77. The van der Waals surface area contributed by atoms with Gasteiger partial charge in [0.1, 0.15) is 11.6 Å². The van der Waals surface area contributed by atoms with E-state index in [-0.39, 0.29) is 10.8 Å². The van der Waals surface area contributed by atoms with Gasteiger partial charge in [-0.15, -0.1) is 5.10 Å². The first-order chi connectivity index (χ1) is 10.8. The molecule has 1 heterocycles. The van der Waals surface area contributed by atoms with Crippen LogP contribution in [0.5, 0.6) is 5.75 Å². The smallest absolute Gasteiger partial charge is 0.346 e. The number of ether oxygens (including phenoxy) is 1. The molecule has 0 saturated heterocycles. The number of carboxylic acid groups (broad SMARTS) is 1. The van der Waals surface area contributed by atoms with Gasteiger partial charge in [0.15, 0.2) is 5.03 Å². The molecule has 0 radical (unpaired) electrons. The number of rotatable bonds is 7. The Hall–Kier alpha value is -2.53. The van der Waals surface area contributed by atoms with E-state index in [1.54, 1.807) is 0 Å². The molecule has 0 aliphatic rings. The van der Waals surface area contributed by atoms with E-state index in [0.717, 1.165) is 23.0 Å². The number of aliphatic carboxylic acids is 1. The number of nitrogens with zero attached hydrogens (tertiary/aromatic N) is 3. The van der Waals surface area contributed by atoms with Crippen molar-refractivity contribution in [2.24, 2.45) is 7.05 Å². The summed E-state index contributed by atoms with van der Waals surface area (Å²) in [5.41, 5.74) is 0. The summed E-state index contributed by atoms with van der Waals surface area (Å²) < 4.78 is 45.1. The first kappa shape index (κ1) is 16.8. The van der Waals surface area contributed by atoms with E-state index < -0.39 is 34.5 Å². The first-order valence-electron chi connectivity index (χ1n) is 6.29. The van der Waals surface area contributed by atoms with Gasteiger partial charge in [-0.3, -0.25) is 0 Å². The summed E-state index contributed by atoms with van der Waals surface area (Å²) >= 11 is 0. The Labute approximate surface area is 130 Å². The zero-order valence-corrected chi connectivity index (χ0v) is 12.7. The maximum absolute atomic E-state index is 12.8. The van der Waals surface area contributed by atoms with E-state index in [4.69, 9.17) is 9.84 Å². The second kappa shape index (κ2) is 6.71. The Morgan fingerprint density at radius 2 is 2.09 bits per heavy atom. The number of nitrogens with one attached hydrogen (secondary N) is 1. The molecule has 0 aliphatic heterocycles. The minimum atomic E-state index is -3.99. The van der Waals surface area contributed by atoms with Crippen molar-refractivity contribution >= 4 is 16.0 Å². The van der Waals surface area contributed by atoms with E-state index in [2.05, 4.69) is 15.0 Å². The van der Waals surface area contributed by atoms with Gasteiger partial charge < -0.3 is 9.84 Å². The molecule has 0 saturated carbocycles. The monoisotopic (exact) mass is 344 g/mol. The lowest BCUT2D eigenvalue weighted by Gasteiger charge is -2.15. The molecule has 1 aromatic carbocycles. The minimum absolute atomic E-state index is 0.0974. The van der Waals surface area contributed by atoms with Crippen molar-refractivity contribution < 1.29 is 27.4 Å². The van der Waals surface area contributed by atoms with Crippen LogP contribution in [0.15, 0.2) is 35.5 Å². The van der Waals surface area contributed by atoms with Crippen LogP contribution in [0.25, 0.3) is 0 Å². The zero-order valence-electron chi connectivity index (χ0n) is 11.9. The molecule has 9 nitrogen and oxygen atoms in total. The van der Waals surface area contributed by atoms with Crippen LogP contribution in [0, 0.1) is 5.82 Å². The van der Waals surface area contributed by atoms with Gasteiger partial charge in [0.05, 0.1) is 12.7 Å². The molecule has 2 aromatic rings. The molecule has 2 N–H and O–H groups in total. The highest BCUT2D eigenvalue weighted by atomic mass is 32.2. The predicted octanol–water partition coefficient (Wildman–Crippen LogP) is -0.235. The van der Waals surface area contributed by atoms with Crippen molar-refractivity contribution in [3.8, 4) is 5.75 Å². The van der Waals surface area contributed by atoms with E-state index >= 15 is 0 Å². The molecule has 23 heavy (non-hydrogen) atoms. The molecule has 1 unspecified atom stereocenters. The normalized spacial score (nSPS) is 12.8. The fourth-order valence-electron chi connectivity index (χ4n) is 1.64. The molecule has 0 spiro atoms. The number of hydrogen-bond donors (Lipinski definition) is 2. The highest BCUT2D eigenvalue weighted by molar-refractivity contribution is 7.89. The molecule has 0 fully saturated rings. The Morgan fingerprint density at radius 3 is 2.61 bits per heavy atom. The summed E-state index contributed by atoms with van der Waals surface area (Å²) in [6.07, 6.45) is -0.463. The molecule has 0 bridgehead atoms. The quantitative estimate of drug-likeness (QED) is 0.711. The van der Waals surface area contributed by atoms with Crippen molar-refractivity contribution in [2.45, 2.75) is 11.1 Å². The van der Waals surface area contributed by atoms with Gasteiger partial charge in [0, 0.05) is 7.05 Å². The van der Waals surface area contributed by atoms with Crippen molar-refractivity contribution in [3.05, 3.63) is 36.3 Å². The van der Waals surface area contributed by atoms with Gasteiger partial charge in [-0.05, 0) is 24.3 Å². The Kier molecular flexibility index (Phi) is 4.91. The van der Waals surface area contributed by atoms with E-state index in [1.807, 2.05) is 0 Å². The third kappa shape index (κ3) is 4.23. The molecule has 1 atom stereocenters. The number of carbonyl (C=O) groups is 1. The highest BCUT2D eigenvalue weighted by Gasteiger charge is 2.25. The lowest BCUT2D eigenvalue weighted by Crippen LogP contribution is -2.40. The number of aryl methyl sites for hydroxylation is 1. The molecule has 0 amide bonds. The van der Waals surface area contributed by atoms with E-state index in [0.29, 0.717) is 0 Å². The summed E-state index contributed by atoms with van der Waals surface area (Å²) in [4.78, 5) is 11.2. The fraction of sp³-hybridized carbons (Fsp3) is 0.250. The topological polar surface area (TPSA) is 123 Å². The predicted molar refractivity (Wildman–Crippen MR) is 74.6 cm³/mol. The summed E-state index contributed by atoms with van der Waals surface area (Å²) in [5, 5.41) is 15.8. The van der Waals surface area contributed by atoms with Gasteiger partial charge in [0.2, 0.25) is 6.10 Å². The van der Waals surface area contributed by atoms with Gasteiger partial charge in [-0.25, -0.2) is 27.0 Å². The number of sulfonamides is 1. The number of carboxylic acids is 1. The lowest BCUT2D eigenvalue weighted by atomic mass is 10.3. The Balaban J connectivity index is 2.07. The Morgan fingerprint density at radius 1 is 1.43 bits per heavy atom. The van der Waals surface area contributed by atoms with Crippen molar-refractivity contribution in [2.75, 3.05) is 6.54 Å². The number of aromatic nitrogens is 3. The maximum Gasteiger partial charge on any atom is 0.346 e. The average Bonchev–Trinajstić information content (AvgIpc) is 2.92. The van der Waals surface area contributed by atoms with Crippen LogP contribution in [0.4, 0.5) is 4.39 Å². The summed E-state index contributed by atoms with van der Waals surface area (Å²) in [7, 11) is -2.61. The lowest BCUT2D eigenvalue weighted by molar-refractivity contribution is -0.144. The summed E-state index contributed by atoms with van der Waals surface area (Å²) in [6, 6.07) is 4.68. The largest absolute Gasteiger partial charge is 0.478 e. The van der Waals surface area contributed by atoms with E-state index in [1.165, 1.54) is 19.2 Å². The molecular weight excluding hydrogens is 331 g/mol. The van der Waals surface area contributed by atoms with Gasteiger partial charge in [-0.2, -0.15) is 0 Å². The Bertz CT molecular complexity index is 790. The molecule has 1 aromatic heterocycles. The fourth-order valence-corrected chi connectivity index (χ4v) is 2.73. The summed E-state index contributed by atoms with van der Waals surface area (Å²) in [6.45, 7) is -0.528. The SMILES string of the molecule is Cn1nncc1S(=O)(=O)NCC(Oc1ccc(F)cc1)C(=O)O. The summed E-state index contributed by atoms with van der Waals surface area (Å²) in [5.74, 6) is -1.78. The minimum Gasteiger partial charge on any atom is -0.478 e. The third-order valence-electron chi connectivity index (χ3n) is 2.77. The molecule has 11 heteroatoms. The van der Waals surface area contributed by atoms with Crippen molar-refractivity contribution in [3.63, 3.8) is 0 Å². The highest BCUT2D eigenvalue weighted by Crippen LogP contribution is 2.13. The van der Waals surface area contributed by atoms with Crippen LogP contribution in [0.2, 0.25) is 0 Å². The van der Waals surface area contributed by atoms with Gasteiger partial charge in [-0.1, -0.05) is 5.21 Å². The van der Waals surface area contributed by atoms with E-state index in [9.17, 15) is 17.6 Å². The van der Waals surface area contributed by atoms with Crippen LogP contribution < -0.4 is 9.46 Å². The second-order valence-corrected chi connectivity index (χ2v) is 6.16. The molecule has 0 aliphatic carbocycles. The molecule has 124 valence electrons. The van der Waals surface area contributed by atoms with Crippen LogP contribution in [0.3, 0.4) is 0 Å². The van der Waals surface area contributed by atoms with Crippen LogP contribution in [-0.2, 0) is 21.9 Å². The van der Waals surface area contributed by atoms with Crippen LogP contribution >= 0.6 is 0 Å². The second-order valence-electron chi connectivity index (χ2n) is 4.45. The van der Waals surface area contributed by atoms with Gasteiger partial charge >= 0.3 is 5.97 Å². The number of hydrogen-bond acceptors (Lipinski definition) is 6. The van der Waals surface area contributed by atoms with Crippen LogP contribution in [-0.4, -0.2) is 47.1 Å². The van der Waals surface area contributed by atoms with Gasteiger partial charge in [0.25, 0.3) is 10.0 Å². The van der Waals surface area contributed by atoms with Crippen LogP contribution in [0.1, 0.15) is 0 Å². The van der Waals surface area contributed by atoms with Crippen molar-refractivity contribution in [1.82, 2.24) is 19.7 Å².